The third kappa shape index (κ3) is 5.51. The van der Waals surface area contributed by atoms with Gasteiger partial charge in [-0.3, -0.25) is 0 Å². The first-order valence-corrected chi connectivity index (χ1v) is 7.70. The summed E-state index contributed by atoms with van der Waals surface area (Å²) >= 11 is 0. The third-order valence-electron chi connectivity index (χ3n) is 4.07. The molecule has 0 bridgehead atoms. The Labute approximate surface area is 122 Å². The molecule has 4 heteroatoms. The number of amides is 1. The van der Waals surface area contributed by atoms with Gasteiger partial charge >= 0.3 is 6.09 Å². The summed E-state index contributed by atoms with van der Waals surface area (Å²) in [7, 11) is 0. The maximum atomic E-state index is 11.7. The van der Waals surface area contributed by atoms with E-state index in [1.54, 1.807) is 0 Å². The standard InChI is InChI=1S/C16H29NO3/c1-15(2,3)20-14(19)17-11-16(4,12-18)13-9-7-5-6-8-10-13/h12-13H,5-11H2,1-4H3,(H,17,19). The van der Waals surface area contributed by atoms with Crippen molar-refractivity contribution in [3.05, 3.63) is 0 Å². The van der Waals surface area contributed by atoms with Gasteiger partial charge in [-0.05, 0) is 39.5 Å². The van der Waals surface area contributed by atoms with Crippen molar-refractivity contribution >= 4 is 12.4 Å². The molecule has 1 aliphatic carbocycles. The zero-order valence-corrected chi connectivity index (χ0v) is 13.3. The van der Waals surface area contributed by atoms with E-state index in [0.29, 0.717) is 12.5 Å². The molecule has 0 radical (unpaired) electrons. The van der Waals surface area contributed by atoms with E-state index in [-0.39, 0.29) is 0 Å². The van der Waals surface area contributed by atoms with Crippen LogP contribution >= 0.6 is 0 Å². The normalized spacial score (nSPS) is 20.6. The Balaban J connectivity index is 2.55. The van der Waals surface area contributed by atoms with Crippen molar-refractivity contribution in [3.8, 4) is 0 Å². The van der Waals surface area contributed by atoms with Crippen molar-refractivity contribution in [1.29, 1.82) is 0 Å². The molecule has 20 heavy (non-hydrogen) atoms. The topological polar surface area (TPSA) is 55.4 Å². The summed E-state index contributed by atoms with van der Waals surface area (Å²) in [4.78, 5) is 23.3. The SMILES string of the molecule is CC(C)(C)OC(=O)NCC(C)(C=O)C1CCCCCC1. The Kier molecular flexibility index (Phi) is 6.03. The molecular formula is C16H29NO3. The summed E-state index contributed by atoms with van der Waals surface area (Å²) in [6.07, 6.45) is 7.59. The van der Waals surface area contributed by atoms with Crippen LogP contribution in [0.5, 0.6) is 0 Å². The fourth-order valence-electron chi connectivity index (χ4n) is 2.80. The minimum absolute atomic E-state index is 0.357. The van der Waals surface area contributed by atoms with Gasteiger partial charge in [0.1, 0.15) is 11.9 Å². The summed E-state index contributed by atoms with van der Waals surface area (Å²) in [6, 6.07) is 0. The molecule has 1 aliphatic rings. The smallest absolute Gasteiger partial charge is 0.407 e. The fraction of sp³-hybridized carbons (Fsp3) is 0.875. The average molecular weight is 283 g/mol. The van der Waals surface area contributed by atoms with E-state index in [4.69, 9.17) is 4.74 Å². The first kappa shape index (κ1) is 17.0. The number of alkyl carbamates (subject to hydrolysis) is 1. The molecule has 1 rings (SSSR count). The maximum Gasteiger partial charge on any atom is 0.407 e. The number of rotatable bonds is 4. The van der Waals surface area contributed by atoms with E-state index >= 15 is 0 Å². The maximum absolute atomic E-state index is 11.7. The van der Waals surface area contributed by atoms with Gasteiger partial charge in [0.25, 0.3) is 0 Å². The van der Waals surface area contributed by atoms with Gasteiger partial charge in [0.2, 0.25) is 0 Å². The average Bonchev–Trinajstić information content (AvgIpc) is 2.63. The van der Waals surface area contributed by atoms with Crippen LogP contribution in [0.2, 0.25) is 0 Å². The minimum Gasteiger partial charge on any atom is -0.444 e. The number of carbonyl (C=O) groups excluding carboxylic acids is 2. The number of ether oxygens (including phenoxy) is 1. The number of hydrogen-bond acceptors (Lipinski definition) is 3. The Morgan fingerprint density at radius 2 is 1.70 bits per heavy atom. The van der Waals surface area contributed by atoms with Gasteiger partial charge in [-0.15, -0.1) is 0 Å². The van der Waals surface area contributed by atoms with Crippen LogP contribution in [0.25, 0.3) is 0 Å². The zero-order chi connectivity index (χ0) is 15.2. The molecule has 1 unspecified atom stereocenters. The van der Waals surface area contributed by atoms with Crippen LogP contribution < -0.4 is 5.32 Å². The lowest BCUT2D eigenvalue weighted by molar-refractivity contribution is -0.118. The van der Waals surface area contributed by atoms with Crippen LogP contribution in [-0.4, -0.2) is 24.5 Å². The van der Waals surface area contributed by atoms with E-state index in [2.05, 4.69) is 5.32 Å². The monoisotopic (exact) mass is 283 g/mol. The highest BCUT2D eigenvalue weighted by atomic mass is 16.6. The molecule has 1 saturated carbocycles. The van der Waals surface area contributed by atoms with Crippen molar-refractivity contribution in [1.82, 2.24) is 5.32 Å². The lowest BCUT2D eigenvalue weighted by Gasteiger charge is -2.33. The summed E-state index contributed by atoms with van der Waals surface area (Å²) < 4.78 is 5.22. The van der Waals surface area contributed by atoms with Gasteiger partial charge in [0.05, 0.1) is 0 Å². The molecule has 1 fully saturated rings. The first-order chi connectivity index (χ1) is 9.27. The number of hydrogen-bond donors (Lipinski definition) is 1. The van der Waals surface area contributed by atoms with Crippen LogP contribution in [0.1, 0.15) is 66.2 Å². The Hall–Kier alpha value is -1.06. The molecule has 4 nitrogen and oxygen atoms in total. The van der Waals surface area contributed by atoms with Crippen LogP contribution in [0.3, 0.4) is 0 Å². The highest BCUT2D eigenvalue weighted by Crippen LogP contribution is 2.35. The van der Waals surface area contributed by atoms with Crippen molar-refractivity contribution in [3.63, 3.8) is 0 Å². The van der Waals surface area contributed by atoms with E-state index < -0.39 is 17.1 Å². The highest BCUT2D eigenvalue weighted by Gasteiger charge is 2.35. The molecule has 1 atom stereocenters. The van der Waals surface area contributed by atoms with Gasteiger partial charge in [-0.2, -0.15) is 0 Å². The molecule has 0 aromatic rings. The first-order valence-electron chi connectivity index (χ1n) is 7.70. The summed E-state index contributed by atoms with van der Waals surface area (Å²) in [5, 5.41) is 2.76. The lowest BCUT2D eigenvalue weighted by atomic mass is 9.74. The molecule has 0 heterocycles. The molecule has 116 valence electrons. The Morgan fingerprint density at radius 1 is 1.15 bits per heavy atom. The predicted molar refractivity (Wildman–Crippen MR) is 79.6 cm³/mol. The second-order valence-electron chi connectivity index (χ2n) is 7.17. The van der Waals surface area contributed by atoms with E-state index in [1.165, 1.54) is 25.7 Å². The Bertz CT molecular complexity index is 327. The molecule has 1 amide bonds. The largest absolute Gasteiger partial charge is 0.444 e. The van der Waals surface area contributed by atoms with Crippen molar-refractivity contribution in [2.45, 2.75) is 71.8 Å². The molecule has 1 N–H and O–H groups in total. The van der Waals surface area contributed by atoms with Crippen molar-refractivity contribution < 1.29 is 14.3 Å². The van der Waals surface area contributed by atoms with E-state index in [1.807, 2.05) is 27.7 Å². The number of aldehydes is 1. The molecule has 0 aromatic carbocycles. The highest BCUT2D eigenvalue weighted by molar-refractivity contribution is 5.69. The van der Waals surface area contributed by atoms with Gasteiger partial charge in [0.15, 0.2) is 0 Å². The third-order valence-corrected chi connectivity index (χ3v) is 4.07. The van der Waals surface area contributed by atoms with Crippen molar-refractivity contribution in [2.75, 3.05) is 6.54 Å². The molecule has 0 aromatic heterocycles. The zero-order valence-electron chi connectivity index (χ0n) is 13.3. The second kappa shape index (κ2) is 7.09. The van der Waals surface area contributed by atoms with Gasteiger partial charge in [-0.25, -0.2) is 4.79 Å². The predicted octanol–water partition coefficient (Wildman–Crippen LogP) is 3.69. The van der Waals surface area contributed by atoms with Gasteiger partial charge in [0, 0.05) is 12.0 Å². The van der Waals surface area contributed by atoms with E-state index in [0.717, 1.165) is 19.1 Å². The molecular weight excluding hydrogens is 254 g/mol. The number of nitrogens with one attached hydrogen (secondary N) is 1. The fourth-order valence-corrected chi connectivity index (χ4v) is 2.80. The number of carbonyl (C=O) groups is 2. The second-order valence-corrected chi connectivity index (χ2v) is 7.17. The minimum atomic E-state index is -0.510. The summed E-state index contributed by atoms with van der Waals surface area (Å²) in [5.41, 5.74) is -0.995. The van der Waals surface area contributed by atoms with Crippen molar-refractivity contribution in [2.24, 2.45) is 11.3 Å². The van der Waals surface area contributed by atoms with E-state index in [9.17, 15) is 9.59 Å². The Morgan fingerprint density at radius 3 is 2.15 bits per heavy atom. The van der Waals surface area contributed by atoms with Crippen LogP contribution in [0.15, 0.2) is 0 Å². The lowest BCUT2D eigenvalue weighted by Crippen LogP contribution is -2.43. The quantitative estimate of drug-likeness (QED) is 0.632. The van der Waals surface area contributed by atoms with Crippen LogP contribution in [0, 0.1) is 11.3 Å². The molecule has 0 aliphatic heterocycles. The van der Waals surface area contributed by atoms with Crippen LogP contribution in [-0.2, 0) is 9.53 Å². The van der Waals surface area contributed by atoms with Crippen LogP contribution in [0.4, 0.5) is 4.79 Å². The van der Waals surface area contributed by atoms with Gasteiger partial charge < -0.3 is 14.8 Å². The molecule has 0 spiro atoms. The van der Waals surface area contributed by atoms with Gasteiger partial charge in [-0.1, -0.05) is 32.6 Å². The summed E-state index contributed by atoms with van der Waals surface area (Å²) in [6.45, 7) is 7.80. The summed E-state index contributed by atoms with van der Waals surface area (Å²) in [5.74, 6) is 0.359. The molecule has 0 saturated heterocycles.